The van der Waals surface area contributed by atoms with Crippen molar-refractivity contribution in [2.75, 3.05) is 6.54 Å². The SMILES string of the molecule is CC1(C)c2sc(=O)[nH]c2S[C@@H]2[C@H]3C[C@@H]([C@@H]4C(=O)N(CC(=O)O)C(=O)[C@H]34)[C@H]21. The second-order valence-corrected chi connectivity index (χ2v) is 10.4. The highest BCUT2D eigenvalue weighted by molar-refractivity contribution is 8.00. The number of hydrogen-bond donors (Lipinski definition) is 2. The van der Waals surface area contributed by atoms with Crippen molar-refractivity contribution >= 4 is 40.9 Å². The minimum Gasteiger partial charge on any atom is -0.480 e. The molecule has 1 aromatic rings. The monoisotopic (exact) mass is 394 g/mol. The zero-order valence-corrected chi connectivity index (χ0v) is 15.9. The van der Waals surface area contributed by atoms with Gasteiger partial charge >= 0.3 is 10.8 Å². The van der Waals surface area contributed by atoms with E-state index in [-0.39, 0.29) is 45.1 Å². The van der Waals surface area contributed by atoms with Gasteiger partial charge in [-0.25, -0.2) is 0 Å². The number of carbonyl (C=O) groups excluding carboxylic acids is 2. The Morgan fingerprint density at radius 2 is 1.88 bits per heavy atom. The van der Waals surface area contributed by atoms with Gasteiger partial charge in [-0.15, -0.1) is 11.8 Å². The lowest BCUT2D eigenvalue weighted by atomic mass is 9.64. The van der Waals surface area contributed by atoms with Crippen LogP contribution >= 0.6 is 23.1 Å². The highest BCUT2D eigenvalue weighted by Gasteiger charge is 2.70. The van der Waals surface area contributed by atoms with Crippen molar-refractivity contribution in [3.8, 4) is 0 Å². The number of likely N-dealkylation sites (tertiary alicyclic amines) is 1. The molecule has 7 nitrogen and oxygen atoms in total. The number of thioether (sulfide) groups is 1. The van der Waals surface area contributed by atoms with Crippen LogP contribution < -0.4 is 4.87 Å². The summed E-state index contributed by atoms with van der Waals surface area (Å²) in [5, 5.41) is 10.1. The third kappa shape index (κ3) is 1.85. The number of hydrogen-bond acceptors (Lipinski definition) is 6. The maximum absolute atomic E-state index is 12.8. The number of carboxylic acids is 1. The molecule has 2 amide bonds. The van der Waals surface area contributed by atoms with Gasteiger partial charge in [-0.3, -0.25) is 24.1 Å². The van der Waals surface area contributed by atoms with Gasteiger partial charge < -0.3 is 10.1 Å². The molecule has 1 saturated heterocycles. The number of thiazole rings is 1. The minimum atomic E-state index is -1.16. The van der Waals surface area contributed by atoms with Crippen LogP contribution in [-0.2, 0) is 19.8 Å². The third-order valence-electron chi connectivity index (χ3n) is 6.78. The second-order valence-electron chi connectivity index (χ2n) is 8.27. The van der Waals surface area contributed by atoms with Crippen molar-refractivity contribution < 1.29 is 19.5 Å². The molecule has 0 spiro atoms. The van der Waals surface area contributed by atoms with E-state index in [0.717, 1.165) is 21.2 Å². The molecule has 0 unspecified atom stereocenters. The lowest BCUT2D eigenvalue weighted by Gasteiger charge is -2.47. The highest BCUT2D eigenvalue weighted by atomic mass is 32.2. The Morgan fingerprint density at radius 3 is 2.54 bits per heavy atom. The van der Waals surface area contributed by atoms with E-state index in [1.54, 1.807) is 11.8 Å². The number of carbonyl (C=O) groups is 3. The first-order valence-corrected chi connectivity index (χ1v) is 10.4. The minimum absolute atomic E-state index is 0.0612. The normalized spacial score (nSPS) is 39.1. The molecule has 0 radical (unpaired) electrons. The van der Waals surface area contributed by atoms with Crippen LogP contribution in [0.4, 0.5) is 0 Å². The van der Waals surface area contributed by atoms with E-state index in [1.807, 2.05) is 0 Å². The summed E-state index contributed by atoms with van der Waals surface area (Å²) in [6.07, 6.45) is 0.832. The summed E-state index contributed by atoms with van der Waals surface area (Å²) in [5.41, 5.74) is -0.247. The van der Waals surface area contributed by atoms with Gasteiger partial charge in [0.05, 0.1) is 16.9 Å². The standard InChI is InChI=1S/C17H18N2O5S2/c1-17(2)10-5-3-6(11(10)25-13-12(17)26-16(24)18-13)9-8(5)14(22)19(15(9)23)4-7(20)21/h5-6,8-11H,3-4H2,1-2H3,(H,18,24)(H,20,21)/t5-,6-,8-,9+,10+,11+/m0/s1. The number of fused-ring (bicyclic) bond motifs is 9. The van der Waals surface area contributed by atoms with E-state index in [2.05, 4.69) is 18.8 Å². The Kier molecular flexibility index (Phi) is 3.19. The molecule has 4 aliphatic rings. The number of nitrogens with one attached hydrogen (secondary N) is 1. The molecule has 3 heterocycles. The van der Waals surface area contributed by atoms with E-state index < -0.39 is 24.3 Å². The van der Waals surface area contributed by atoms with Gasteiger partial charge in [0.2, 0.25) is 11.8 Å². The van der Waals surface area contributed by atoms with Crippen LogP contribution in [0, 0.1) is 29.6 Å². The number of nitrogens with zero attached hydrogens (tertiary/aromatic N) is 1. The molecule has 6 atom stereocenters. The topological polar surface area (TPSA) is 108 Å². The van der Waals surface area contributed by atoms with Crippen LogP contribution in [0.2, 0.25) is 0 Å². The fourth-order valence-electron chi connectivity index (χ4n) is 6.01. The van der Waals surface area contributed by atoms with E-state index >= 15 is 0 Å². The lowest BCUT2D eigenvalue weighted by Crippen LogP contribution is -2.48. The van der Waals surface area contributed by atoms with Crippen LogP contribution in [0.1, 0.15) is 25.1 Å². The first-order chi connectivity index (χ1) is 12.2. The average Bonchev–Trinajstić information content (AvgIpc) is 3.25. The van der Waals surface area contributed by atoms with Gasteiger partial charge in [0.1, 0.15) is 6.54 Å². The Bertz CT molecular complexity index is 918. The maximum Gasteiger partial charge on any atom is 0.323 e. The van der Waals surface area contributed by atoms with E-state index in [9.17, 15) is 19.2 Å². The molecule has 0 aromatic carbocycles. The smallest absolute Gasteiger partial charge is 0.323 e. The second kappa shape index (κ2) is 5.01. The van der Waals surface area contributed by atoms with Crippen molar-refractivity contribution in [2.45, 2.75) is 36.0 Å². The molecule has 2 bridgehead atoms. The summed E-state index contributed by atoms with van der Waals surface area (Å²) in [5.74, 6) is -2.26. The summed E-state index contributed by atoms with van der Waals surface area (Å²) in [6, 6.07) is 0. The number of aromatic nitrogens is 1. The van der Waals surface area contributed by atoms with Crippen LogP contribution in [0.5, 0.6) is 0 Å². The molecule has 2 saturated carbocycles. The van der Waals surface area contributed by atoms with Crippen LogP contribution in [0.15, 0.2) is 9.82 Å². The predicted octanol–water partition coefficient (Wildman–Crippen LogP) is 1.14. The van der Waals surface area contributed by atoms with Gasteiger partial charge in [0, 0.05) is 15.5 Å². The molecular weight excluding hydrogens is 376 g/mol. The van der Waals surface area contributed by atoms with Gasteiger partial charge in [0.25, 0.3) is 0 Å². The summed E-state index contributed by atoms with van der Waals surface area (Å²) in [4.78, 5) is 53.4. The molecule has 2 N–H and O–H groups in total. The fraction of sp³-hybridized carbons (Fsp3) is 0.647. The largest absolute Gasteiger partial charge is 0.480 e. The van der Waals surface area contributed by atoms with E-state index in [4.69, 9.17) is 5.11 Å². The molecule has 138 valence electrons. The Morgan fingerprint density at radius 1 is 1.23 bits per heavy atom. The first kappa shape index (κ1) is 16.6. The molecule has 2 aliphatic heterocycles. The van der Waals surface area contributed by atoms with Crippen LogP contribution in [-0.4, -0.2) is 44.6 Å². The summed E-state index contributed by atoms with van der Waals surface area (Å²) in [7, 11) is 0. The summed E-state index contributed by atoms with van der Waals surface area (Å²) < 4.78 is 0. The number of amides is 2. The van der Waals surface area contributed by atoms with Crippen molar-refractivity contribution in [1.29, 1.82) is 0 Å². The quantitative estimate of drug-likeness (QED) is 0.729. The number of carboxylic acid groups (broad SMARTS) is 1. The van der Waals surface area contributed by atoms with E-state index in [1.165, 1.54) is 11.3 Å². The number of rotatable bonds is 2. The van der Waals surface area contributed by atoms with E-state index in [0.29, 0.717) is 0 Å². The molecule has 1 aromatic heterocycles. The predicted molar refractivity (Wildman–Crippen MR) is 94.0 cm³/mol. The number of H-pyrrole nitrogens is 1. The zero-order chi connectivity index (χ0) is 18.5. The van der Waals surface area contributed by atoms with Crippen molar-refractivity contribution in [3.05, 3.63) is 14.5 Å². The van der Waals surface area contributed by atoms with Crippen molar-refractivity contribution in [3.63, 3.8) is 0 Å². The van der Waals surface area contributed by atoms with Gasteiger partial charge in [-0.05, 0) is 24.2 Å². The number of aromatic amines is 1. The molecule has 5 rings (SSSR count). The Balaban J connectivity index is 1.57. The lowest BCUT2D eigenvalue weighted by molar-refractivity contribution is -0.149. The average molecular weight is 394 g/mol. The zero-order valence-electron chi connectivity index (χ0n) is 14.2. The molecule has 3 fully saturated rings. The summed E-state index contributed by atoms with van der Waals surface area (Å²) in [6.45, 7) is 3.70. The molecular formula is C17H18N2O5S2. The van der Waals surface area contributed by atoms with Crippen molar-refractivity contribution in [1.82, 2.24) is 9.88 Å². The van der Waals surface area contributed by atoms with Crippen molar-refractivity contribution in [2.24, 2.45) is 29.6 Å². The first-order valence-electron chi connectivity index (χ1n) is 8.69. The molecule has 9 heteroatoms. The van der Waals surface area contributed by atoms with Gasteiger partial charge in [0.15, 0.2) is 0 Å². The number of imide groups is 1. The highest BCUT2D eigenvalue weighted by Crippen LogP contribution is 2.68. The molecule has 26 heavy (non-hydrogen) atoms. The Labute approximate surface area is 157 Å². The number of aliphatic carboxylic acids is 1. The van der Waals surface area contributed by atoms with Gasteiger partial charge in [-0.1, -0.05) is 25.2 Å². The molecule has 2 aliphatic carbocycles. The maximum atomic E-state index is 12.8. The third-order valence-corrected chi connectivity index (χ3v) is 9.58. The Hall–Kier alpha value is -1.61. The van der Waals surface area contributed by atoms with Gasteiger partial charge in [-0.2, -0.15) is 0 Å². The fourth-order valence-corrected chi connectivity index (χ4v) is 9.16. The van der Waals surface area contributed by atoms with Crippen LogP contribution in [0.3, 0.4) is 0 Å². The van der Waals surface area contributed by atoms with Crippen LogP contribution in [0.25, 0.3) is 0 Å². The summed E-state index contributed by atoms with van der Waals surface area (Å²) >= 11 is 2.87.